The first kappa shape index (κ1) is 22.1. The molecule has 150 valence electrons. The Morgan fingerprint density at radius 2 is 1.19 bits per heavy atom. The van der Waals surface area contributed by atoms with Crippen molar-refractivity contribution in [1.29, 1.82) is 0 Å². The highest BCUT2D eigenvalue weighted by Crippen LogP contribution is 2.30. The molecule has 0 aliphatic heterocycles. The average molecular weight is 386 g/mol. The third kappa shape index (κ3) is 7.08. The molecule has 0 heterocycles. The normalized spacial score (nSPS) is 24.1. The second kappa shape index (κ2) is 9.70. The van der Waals surface area contributed by atoms with Crippen LogP contribution in [0.5, 0.6) is 0 Å². The summed E-state index contributed by atoms with van der Waals surface area (Å²) >= 11 is 0. The van der Waals surface area contributed by atoms with Crippen LogP contribution in [0.15, 0.2) is 11.6 Å². The Balaban J connectivity index is 3.40. The fourth-order valence-electron chi connectivity index (χ4n) is 2.55. The molecule has 10 nitrogen and oxygen atoms in total. The lowest BCUT2D eigenvalue weighted by Gasteiger charge is -2.39. The molecule has 0 spiro atoms. The van der Waals surface area contributed by atoms with Gasteiger partial charge in [0.1, 0.15) is 6.61 Å². The van der Waals surface area contributed by atoms with Gasteiger partial charge in [-0.05, 0) is 6.08 Å². The van der Waals surface area contributed by atoms with Crippen molar-refractivity contribution in [3.05, 3.63) is 11.6 Å². The van der Waals surface area contributed by atoms with Crippen LogP contribution in [-0.2, 0) is 47.7 Å². The largest absolute Gasteiger partial charge is 0.461 e. The van der Waals surface area contributed by atoms with E-state index in [1.165, 1.54) is 13.0 Å². The van der Waals surface area contributed by atoms with Crippen molar-refractivity contribution in [2.24, 2.45) is 0 Å². The second-order valence-electron chi connectivity index (χ2n) is 5.77. The van der Waals surface area contributed by atoms with Crippen LogP contribution < -0.4 is 0 Å². The fourth-order valence-corrected chi connectivity index (χ4v) is 2.55. The first-order valence-corrected chi connectivity index (χ1v) is 8.04. The molecule has 0 aromatic rings. The molecule has 0 bridgehead atoms. The van der Waals surface area contributed by atoms with Crippen LogP contribution in [0.3, 0.4) is 0 Å². The van der Waals surface area contributed by atoms with Crippen molar-refractivity contribution in [3.63, 3.8) is 0 Å². The lowest BCUT2D eigenvalue weighted by molar-refractivity contribution is -0.195. The first-order chi connectivity index (χ1) is 12.5. The molecule has 1 rings (SSSR count). The molecular formula is C17H22O10. The summed E-state index contributed by atoms with van der Waals surface area (Å²) in [5.74, 6) is -3.48. The number of esters is 5. The van der Waals surface area contributed by atoms with Crippen LogP contribution >= 0.6 is 0 Å². The van der Waals surface area contributed by atoms with E-state index in [1.807, 2.05) is 0 Å². The van der Waals surface area contributed by atoms with Gasteiger partial charge in [-0.3, -0.25) is 24.0 Å². The summed E-state index contributed by atoms with van der Waals surface area (Å²) in [6, 6.07) is 0. The lowest BCUT2D eigenvalue weighted by Crippen LogP contribution is -2.55. The van der Waals surface area contributed by atoms with Crippen LogP contribution in [0.1, 0.15) is 34.6 Å². The van der Waals surface area contributed by atoms with E-state index in [0.29, 0.717) is 0 Å². The Hall–Kier alpha value is -2.91. The molecular weight excluding hydrogens is 364 g/mol. The van der Waals surface area contributed by atoms with Crippen LogP contribution in [-0.4, -0.2) is 60.9 Å². The van der Waals surface area contributed by atoms with Crippen LogP contribution in [0, 0.1) is 0 Å². The second-order valence-corrected chi connectivity index (χ2v) is 5.77. The van der Waals surface area contributed by atoms with Gasteiger partial charge >= 0.3 is 29.8 Å². The van der Waals surface area contributed by atoms with Gasteiger partial charge in [-0.15, -0.1) is 0 Å². The highest BCUT2D eigenvalue weighted by Gasteiger charge is 2.48. The van der Waals surface area contributed by atoms with Crippen LogP contribution in [0.2, 0.25) is 0 Å². The number of hydrogen-bond donors (Lipinski definition) is 0. The Kier molecular flexibility index (Phi) is 7.95. The maximum absolute atomic E-state index is 11.6. The highest BCUT2D eigenvalue weighted by molar-refractivity contribution is 5.70. The Morgan fingerprint density at radius 1 is 0.704 bits per heavy atom. The predicted octanol–water partition coefficient (Wildman–Crippen LogP) is 0.216. The molecule has 0 amide bonds. The minimum Gasteiger partial charge on any atom is -0.461 e. The van der Waals surface area contributed by atoms with E-state index < -0.39 is 54.3 Å². The molecule has 0 aromatic carbocycles. The van der Waals surface area contributed by atoms with E-state index in [0.717, 1.165) is 27.7 Å². The number of rotatable bonds is 6. The van der Waals surface area contributed by atoms with Gasteiger partial charge in [0.05, 0.1) is 0 Å². The number of carbonyl (C=O) groups excluding carboxylic acids is 5. The fraction of sp³-hybridized carbons (Fsp3) is 0.588. The summed E-state index contributed by atoms with van der Waals surface area (Å²) < 4.78 is 25.6. The molecule has 10 heteroatoms. The molecule has 0 N–H and O–H groups in total. The minimum atomic E-state index is -1.31. The van der Waals surface area contributed by atoms with Gasteiger partial charge in [-0.25, -0.2) is 0 Å². The summed E-state index contributed by atoms with van der Waals surface area (Å²) in [5.41, 5.74) is 0.210. The topological polar surface area (TPSA) is 132 Å². The molecule has 0 radical (unpaired) electrons. The smallest absolute Gasteiger partial charge is 0.303 e. The molecule has 1 aliphatic carbocycles. The van der Waals surface area contributed by atoms with E-state index >= 15 is 0 Å². The highest BCUT2D eigenvalue weighted by atomic mass is 16.6. The minimum absolute atomic E-state index is 0.210. The molecule has 0 saturated heterocycles. The Morgan fingerprint density at radius 3 is 1.63 bits per heavy atom. The van der Waals surface area contributed by atoms with Gasteiger partial charge in [-0.2, -0.15) is 0 Å². The summed E-state index contributed by atoms with van der Waals surface area (Å²) in [5, 5.41) is 0. The summed E-state index contributed by atoms with van der Waals surface area (Å²) in [4.78, 5) is 57.2. The zero-order valence-corrected chi connectivity index (χ0v) is 15.7. The van der Waals surface area contributed by atoms with Gasteiger partial charge in [0.25, 0.3) is 0 Å². The zero-order valence-electron chi connectivity index (χ0n) is 15.7. The van der Waals surface area contributed by atoms with Gasteiger partial charge < -0.3 is 23.7 Å². The van der Waals surface area contributed by atoms with E-state index in [9.17, 15) is 24.0 Å². The van der Waals surface area contributed by atoms with Crippen molar-refractivity contribution in [2.45, 2.75) is 59.0 Å². The summed E-state index contributed by atoms with van der Waals surface area (Å²) in [6.07, 6.45) is -3.59. The lowest BCUT2D eigenvalue weighted by atomic mass is 9.89. The number of hydrogen-bond acceptors (Lipinski definition) is 10. The third-order valence-corrected chi connectivity index (χ3v) is 3.33. The Bertz CT molecular complexity index is 650. The maximum atomic E-state index is 11.6. The van der Waals surface area contributed by atoms with Crippen molar-refractivity contribution < 1.29 is 47.7 Å². The molecule has 0 fully saturated rings. The van der Waals surface area contributed by atoms with Crippen LogP contribution in [0.25, 0.3) is 0 Å². The van der Waals surface area contributed by atoms with Crippen LogP contribution in [0.4, 0.5) is 0 Å². The maximum Gasteiger partial charge on any atom is 0.303 e. The molecule has 0 saturated carbocycles. The monoisotopic (exact) mass is 386 g/mol. The molecule has 4 atom stereocenters. The predicted molar refractivity (Wildman–Crippen MR) is 86.9 cm³/mol. The zero-order chi connectivity index (χ0) is 20.7. The van der Waals surface area contributed by atoms with Crippen molar-refractivity contribution >= 4 is 29.8 Å². The van der Waals surface area contributed by atoms with E-state index in [4.69, 9.17) is 23.7 Å². The molecule has 0 aromatic heterocycles. The summed E-state index contributed by atoms with van der Waals surface area (Å²) in [6.45, 7) is 5.38. The molecule has 1 aliphatic rings. The van der Waals surface area contributed by atoms with Gasteiger partial charge in [0, 0.05) is 40.2 Å². The SMILES string of the molecule is CC(=O)OCC1=C[C@@H](OC(C)=O)[C@H](OC(C)=O)[C@@H](OC(C)=O)[C@H]1OC(C)=O. The standard InChI is InChI=1S/C17H22O10/c1-8(18)23-7-13-6-14(24-9(2)19)16(26-11(4)21)17(27-12(5)22)15(13)25-10(3)20/h6,14-17H,7H2,1-5H3/t14-,15+,16+,17+/m1/s1. The Labute approximate surface area is 155 Å². The van der Waals surface area contributed by atoms with Gasteiger partial charge in [-0.1, -0.05) is 0 Å². The summed E-state index contributed by atoms with van der Waals surface area (Å²) in [7, 11) is 0. The number of carbonyl (C=O) groups is 5. The van der Waals surface area contributed by atoms with Crippen molar-refractivity contribution in [2.75, 3.05) is 6.61 Å². The third-order valence-electron chi connectivity index (χ3n) is 3.33. The van der Waals surface area contributed by atoms with E-state index in [2.05, 4.69) is 0 Å². The quantitative estimate of drug-likeness (QED) is 0.355. The first-order valence-electron chi connectivity index (χ1n) is 8.04. The van der Waals surface area contributed by atoms with Crippen molar-refractivity contribution in [3.8, 4) is 0 Å². The van der Waals surface area contributed by atoms with Crippen molar-refractivity contribution in [1.82, 2.24) is 0 Å². The van der Waals surface area contributed by atoms with E-state index in [-0.39, 0.29) is 12.2 Å². The molecule has 0 unspecified atom stereocenters. The van der Waals surface area contributed by atoms with E-state index in [1.54, 1.807) is 0 Å². The average Bonchev–Trinajstić information content (AvgIpc) is 2.49. The van der Waals surface area contributed by atoms with Gasteiger partial charge in [0.2, 0.25) is 0 Å². The molecule has 27 heavy (non-hydrogen) atoms. The van der Waals surface area contributed by atoms with Gasteiger partial charge in [0.15, 0.2) is 24.4 Å². The number of ether oxygens (including phenoxy) is 5.